The lowest BCUT2D eigenvalue weighted by Crippen LogP contribution is -2.52. The van der Waals surface area contributed by atoms with E-state index in [2.05, 4.69) is 46.5 Å². The van der Waals surface area contributed by atoms with E-state index in [1.54, 1.807) is 0 Å². The van der Waals surface area contributed by atoms with E-state index in [1.165, 1.54) is 0 Å². The highest BCUT2D eigenvalue weighted by Gasteiger charge is 2.37. The Hall–Kier alpha value is -1.11. The average Bonchev–Trinajstić information content (AvgIpc) is 2.44. The van der Waals surface area contributed by atoms with Crippen molar-refractivity contribution in [3.8, 4) is 0 Å². The lowest BCUT2D eigenvalue weighted by atomic mass is 9.95. The van der Waals surface area contributed by atoms with Gasteiger partial charge in [-0.1, -0.05) is 39.0 Å². The maximum atomic E-state index is 12.1. The molecule has 0 fully saturated rings. The van der Waals surface area contributed by atoms with Crippen molar-refractivity contribution in [1.82, 2.24) is 5.32 Å². The third-order valence-electron chi connectivity index (χ3n) is 3.86. The quantitative estimate of drug-likeness (QED) is 0.559. The maximum absolute atomic E-state index is 12.1. The zero-order valence-electron chi connectivity index (χ0n) is 17.7. The molecule has 1 aliphatic rings. The number of rotatable bonds is 6. The molecule has 0 radical (unpaired) electrons. The first-order valence-electron chi connectivity index (χ1n) is 9.32. The second-order valence-electron chi connectivity index (χ2n) is 9.63. The summed E-state index contributed by atoms with van der Waals surface area (Å²) in [6, 6.07) is -0.255. The second kappa shape index (κ2) is 8.72. The zero-order valence-corrected chi connectivity index (χ0v) is 19.1. The molecule has 0 spiro atoms. The largest absolute Gasteiger partial charge is 0.444 e. The summed E-state index contributed by atoms with van der Waals surface area (Å²) in [5, 5.41) is 3.10. The topological polar surface area (TPSA) is 56.8 Å². The minimum atomic E-state index is -0.702. The molecule has 0 unspecified atom stereocenters. The van der Waals surface area contributed by atoms with Crippen LogP contribution >= 0.6 is 0 Å². The minimum absolute atomic E-state index is 0.168. The van der Waals surface area contributed by atoms with Gasteiger partial charge in [0.2, 0.25) is 0 Å². The molecule has 0 aliphatic carbocycles. The molecular weight excluding hydrogens is 346 g/mol. The fourth-order valence-corrected chi connectivity index (χ4v) is 3.46. The summed E-state index contributed by atoms with van der Waals surface area (Å²) in [5.41, 5.74) is -0.945. The molecule has 150 valence electrons. The van der Waals surface area contributed by atoms with E-state index >= 15 is 0 Å². The van der Waals surface area contributed by atoms with Gasteiger partial charge in [0, 0.05) is 0 Å². The van der Waals surface area contributed by atoms with Crippen molar-refractivity contribution in [3.05, 3.63) is 24.8 Å². The summed E-state index contributed by atoms with van der Waals surface area (Å²) in [7, 11) is -0.702. The molecule has 0 aromatic heterocycles. The maximum Gasteiger partial charge on any atom is 0.408 e. The summed E-state index contributed by atoms with van der Waals surface area (Å²) < 4.78 is 17.9. The number of hydrogen-bond acceptors (Lipinski definition) is 4. The van der Waals surface area contributed by atoms with Crippen LogP contribution in [0.4, 0.5) is 4.79 Å². The van der Waals surface area contributed by atoms with E-state index in [0.717, 1.165) is 0 Å². The molecule has 1 N–H and O–H groups in total. The number of carbonyl (C=O) groups is 1. The normalized spacial score (nSPS) is 24.7. The highest BCUT2D eigenvalue weighted by atomic mass is 28.2. The lowest BCUT2D eigenvalue weighted by Gasteiger charge is -2.41. The van der Waals surface area contributed by atoms with Crippen LogP contribution in [0, 0.1) is 0 Å². The van der Waals surface area contributed by atoms with E-state index < -0.39 is 27.1 Å². The third-order valence-corrected chi connectivity index (χ3v) is 5.61. The molecule has 6 heteroatoms. The van der Waals surface area contributed by atoms with Gasteiger partial charge in [-0.2, -0.15) is 0 Å². The van der Waals surface area contributed by atoms with E-state index in [4.69, 9.17) is 13.9 Å². The fourth-order valence-electron chi connectivity index (χ4n) is 2.49. The van der Waals surface area contributed by atoms with Gasteiger partial charge in [0.25, 0.3) is 0 Å². The average molecular weight is 384 g/mol. The molecule has 1 amide bonds. The Morgan fingerprint density at radius 1 is 1.19 bits per heavy atom. The Labute approximate surface area is 161 Å². The molecule has 3 atom stereocenters. The molecule has 0 bridgehead atoms. The standard InChI is InChI=1S/C20H37NO4Si/c1-10-11-15-14(21-17(22)24-18(2,3)4)12-13-16(23-15)20(8,9)25-26-19(5,6)7/h10,12-16H,1,11,26H2,2-9H3,(H,21,22)/t14-,15-,16+/m1/s1. The van der Waals surface area contributed by atoms with Crippen molar-refractivity contribution in [2.24, 2.45) is 0 Å². The van der Waals surface area contributed by atoms with Gasteiger partial charge in [0.15, 0.2) is 9.76 Å². The van der Waals surface area contributed by atoms with Gasteiger partial charge >= 0.3 is 6.09 Å². The van der Waals surface area contributed by atoms with Crippen molar-refractivity contribution in [1.29, 1.82) is 0 Å². The summed E-state index contributed by atoms with van der Waals surface area (Å²) in [6.07, 6.45) is 5.60. The Morgan fingerprint density at radius 2 is 1.81 bits per heavy atom. The molecular formula is C20H37NO4Si. The van der Waals surface area contributed by atoms with Gasteiger partial charge in [-0.25, -0.2) is 4.79 Å². The Morgan fingerprint density at radius 3 is 2.31 bits per heavy atom. The smallest absolute Gasteiger partial charge is 0.408 e. The van der Waals surface area contributed by atoms with Crippen molar-refractivity contribution >= 4 is 15.9 Å². The number of hydrogen-bond donors (Lipinski definition) is 1. The van der Waals surface area contributed by atoms with Crippen LogP contribution in [0.1, 0.15) is 61.8 Å². The van der Waals surface area contributed by atoms with E-state index in [1.807, 2.05) is 39.0 Å². The number of amides is 1. The van der Waals surface area contributed by atoms with Crippen molar-refractivity contribution in [2.45, 2.75) is 96.3 Å². The van der Waals surface area contributed by atoms with Gasteiger partial charge < -0.3 is 19.2 Å². The Balaban J connectivity index is 2.81. The Kier molecular flexibility index (Phi) is 7.69. The van der Waals surface area contributed by atoms with Crippen LogP contribution in [0.2, 0.25) is 5.04 Å². The van der Waals surface area contributed by atoms with Crippen LogP contribution in [0.15, 0.2) is 24.8 Å². The summed E-state index contributed by atoms with van der Waals surface area (Å²) in [6.45, 7) is 20.1. The molecule has 5 nitrogen and oxygen atoms in total. The molecule has 1 aliphatic heterocycles. The molecule has 1 rings (SSSR count). The van der Waals surface area contributed by atoms with Crippen molar-refractivity contribution < 1.29 is 18.7 Å². The van der Waals surface area contributed by atoms with Crippen LogP contribution in [-0.2, 0) is 13.9 Å². The van der Waals surface area contributed by atoms with Crippen LogP contribution in [0.3, 0.4) is 0 Å². The molecule has 0 saturated carbocycles. The van der Waals surface area contributed by atoms with Gasteiger partial charge in [0.05, 0.1) is 17.7 Å². The summed E-state index contributed by atoms with van der Waals surface area (Å²) in [4.78, 5) is 12.1. The van der Waals surface area contributed by atoms with E-state index in [-0.39, 0.29) is 23.3 Å². The second-order valence-corrected chi connectivity index (χ2v) is 12.3. The molecule has 0 aromatic carbocycles. The highest BCUT2D eigenvalue weighted by Crippen LogP contribution is 2.30. The minimum Gasteiger partial charge on any atom is -0.444 e. The van der Waals surface area contributed by atoms with E-state index in [9.17, 15) is 4.79 Å². The first-order valence-corrected chi connectivity index (χ1v) is 10.6. The van der Waals surface area contributed by atoms with Crippen LogP contribution in [-0.4, -0.2) is 45.3 Å². The number of carbonyl (C=O) groups excluding carboxylic acids is 1. The van der Waals surface area contributed by atoms with Gasteiger partial charge in [0.1, 0.15) is 11.7 Å². The van der Waals surface area contributed by atoms with Crippen molar-refractivity contribution in [2.75, 3.05) is 0 Å². The zero-order chi connectivity index (χ0) is 20.2. The first-order chi connectivity index (χ1) is 11.7. The number of nitrogens with one attached hydrogen (secondary N) is 1. The van der Waals surface area contributed by atoms with Crippen LogP contribution in [0.25, 0.3) is 0 Å². The van der Waals surface area contributed by atoms with Gasteiger partial charge in [-0.15, -0.1) is 6.58 Å². The SMILES string of the molecule is C=CC[C@H]1O[C@H](C(C)(C)O[SiH2]C(C)(C)C)C=C[C@H]1NC(=O)OC(C)(C)C. The van der Waals surface area contributed by atoms with Crippen LogP contribution in [0.5, 0.6) is 0 Å². The number of alkyl carbamates (subject to hydrolysis) is 1. The molecule has 1 heterocycles. The fraction of sp³-hybridized carbons (Fsp3) is 0.750. The first kappa shape index (κ1) is 22.9. The number of ether oxygens (including phenoxy) is 2. The summed E-state index contributed by atoms with van der Waals surface area (Å²) in [5.74, 6) is 0. The Bertz CT molecular complexity index is 517. The van der Waals surface area contributed by atoms with Gasteiger partial charge in [-0.05, 0) is 46.1 Å². The predicted molar refractivity (Wildman–Crippen MR) is 109 cm³/mol. The van der Waals surface area contributed by atoms with Crippen LogP contribution < -0.4 is 5.32 Å². The predicted octanol–water partition coefficient (Wildman–Crippen LogP) is 3.88. The lowest BCUT2D eigenvalue weighted by molar-refractivity contribution is -0.0943. The highest BCUT2D eigenvalue weighted by molar-refractivity contribution is 6.31. The van der Waals surface area contributed by atoms with Crippen molar-refractivity contribution in [3.63, 3.8) is 0 Å². The van der Waals surface area contributed by atoms with E-state index in [0.29, 0.717) is 6.42 Å². The monoisotopic (exact) mass is 383 g/mol. The van der Waals surface area contributed by atoms with Gasteiger partial charge in [-0.3, -0.25) is 0 Å². The third kappa shape index (κ3) is 8.06. The summed E-state index contributed by atoms with van der Waals surface area (Å²) >= 11 is 0. The molecule has 0 saturated heterocycles. The molecule has 26 heavy (non-hydrogen) atoms. The molecule has 0 aromatic rings.